The van der Waals surface area contributed by atoms with Crippen molar-refractivity contribution in [3.63, 3.8) is 0 Å². The first-order chi connectivity index (χ1) is 5.58. The molecule has 1 aromatic rings. The number of aliphatic hydroxyl groups is 1. The number of aromatic nitrogens is 2. The van der Waals surface area contributed by atoms with Crippen molar-refractivity contribution in [3.05, 3.63) is 11.8 Å². The molecule has 1 aliphatic heterocycles. The number of hydrogen-bond donors (Lipinski definition) is 1. The zero-order chi connectivity index (χ0) is 8.77. The van der Waals surface area contributed by atoms with Gasteiger partial charge in [0.05, 0.1) is 12.7 Å². The molecule has 0 spiro atoms. The van der Waals surface area contributed by atoms with E-state index < -0.39 is 5.60 Å². The molecule has 0 saturated heterocycles. The average Bonchev–Trinajstić information content (AvgIpc) is 2.30. The van der Waals surface area contributed by atoms with Crippen molar-refractivity contribution >= 4 is 0 Å². The molecular weight excluding hydrogens is 156 g/mol. The summed E-state index contributed by atoms with van der Waals surface area (Å²) in [6.45, 7) is 4.54. The predicted octanol–water partition coefficient (Wildman–Crippen LogP) is 0.335. The van der Waals surface area contributed by atoms with Gasteiger partial charge < -0.3 is 9.84 Å². The van der Waals surface area contributed by atoms with Gasteiger partial charge in [0.1, 0.15) is 12.2 Å². The van der Waals surface area contributed by atoms with Gasteiger partial charge in [0.2, 0.25) is 5.88 Å². The Bertz CT molecular complexity index is 304. The molecule has 1 unspecified atom stereocenters. The van der Waals surface area contributed by atoms with Crippen LogP contribution in [0.25, 0.3) is 0 Å². The van der Waals surface area contributed by atoms with Gasteiger partial charge in [-0.05, 0) is 13.8 Å². The van der Waals surface area contributed by atoms with Gasteiger partial charge in [-0.25, -0.2) is 4.68 Å². The summed E-state index contributed by atoms with van der Waals surface area (Å²) in [6, 6.07) is 0. The van der Waals surface area contributed by atoms with E-state index in [0.29, 0.717) is 13.2 Å². The van der Waals surface area contributed by atoms with Crippen LogP contribution in [0.3, 0.4) is 0 Å². The molecule has 0 amide bonds. The van der Waals surface area contributed by atoms with E-state index in [1.165, 1.54) is 0 Å². The zero-order valence-electron chi connectivity index (χ0n) is 7.24. The van der Waals surface area contributed by atoms with Crippen molar-refractivity contribution in [2.75, 3.05) is 6.61 Å². The van der Waals surface area contributed by atoms with Crippen molar-refractivity contribution in [1.29, 1.82) is 0 Å². The molecule has 4 heteroatoms. The van der Waals surface area contributed by atoms with Gasteiger partial charge in [-0.2, -0.15) is 5.10 Å². The number of fused-ring (bicyclic) bond motifs is 1. The summed E-state index contributed by atoms with van der Waals surface area (Å²) >= 11 is 0. The second-order valence-electron chi connectivity index (χ2n) is 3.58. The smallest absolute Gasteiger partial charge is 0.214 e. The van der Waals surface area contributed by atoms with Gasteiger partial charge in [0, 0.05) is 5.56 Å². The Labute approximate surface area is 70.8 Å². The quantitative estimate of drug-likeness (QED) is 0.607. The highest BCUT2D eigenvalue weighted by Gasteiger charge is 2.29. The number of rotatable bonds is 0. The van der Waals surface area contributed by atoms with Crippen LogP contribution in [-0.2, 0) is 6.54 Å². The maximum Gasteiger partial charge on any atom is 0.214 e. The highest BCUT2D eigenvalue weighted by molar-refractivity contribution is 5.23. The van der Waals surface area contributed by atoms with Crippen LogP contribution in [0.1, 0.15) is 12.5 Å². The third-order valence-electron chi connectivity index (χ3n) is 1.97. The maximum absolute atomic E-state index is 9.64. The Kier molecular flexibility index (Phi) is 1.41. The molecule has 1 aromatic heterocycles. The fraction of sp³-hybridized carbons (Fsp3) is 0.625. The first kappa shape index (κ1) is 7.61. The minimum Gasteiger partial charge on any atom is -0.475 e. The lowest BCUT2D eigenvalue weighted by Gasteiger charge is -2.29. The van der Waals surface area contributed by atoms with Crippen LogP contribution in [0.15, 0.2) is 6.20 Å². The third-order valence-corrected chi connectivity index (χ3v) is 1.97. The molecule has 2 rings (SSSR count). The van der Waals surface area contributed by atoms with E-state index in [4.69, 9.17) is 4.74 Å². The summed E-state index contributed by atoms with van der Waals surface area (Å²) in [7, 11) is 0. The second-order valence-corrected chi connectivity index (χ2v) is 3.58. The molecule has 0 fully saturated rings. The van der Waals surface area contributed by atoms with E-state index >= 15 is 0 Å². The van der Waals surface area contributed by atoms with Gasteiger partial charge in [-0.15, -0.1) is 0 Å². The molecule has 66 valence electrons. The van der Waals surface area contributed by atoms with Gasteiger partial charge in [0.25, 0.3) is 0 Å². The zero-order valence-corrected chi connectivity index (χ0v) is 7.24. The Balaban J connectivity index is 2.37. The van der Waals surface area contributed by atoms with Gasteiger partial charge in [-0.3, -0.25) is 0 Å². The topological polar surface area (TPSA) is 47.3 Å². The number of aryl methyl sites for hydroxylation is 1. The average molecular weight is 168 g/mol. The standard InChI is InChI=1S/C8H12N2O2/c1-6-3-9-10-4-8(2,11)5-12-7(6)10/h3,11H,4-5H2,1-2H3. The summed E-state index contributed by atoms with van der Waals surface area (Å²) in [5.74, 6) is 0.779. The SMILES string of the molecule is Cc1cnn2c1OCC(C)(O)C2. The highest BCUT2D eigenvalue weighted by Crippen LogP contribution is 2.25. The summed E-state index contributed by atoms with van der Waals surface area (Å²) < 4.78 is 7.05. The molecule has 0 aliphatic carbocycles. The van der Waals surface area contributed by atoms with Crippen LogP contribution in [-0.4, -0.2) is 27.1 Å². The number of hydrogen-bond acceptors (Lipinski definition) is 3. The summed E-state index contributed by atoms with van der Waals surface area (Å²) in [5.41, 5.74) is 0.233. The van der Waals surface area contributed by atoms with E-state index in [1.54, 1.807) is 17.8 Å². The molecule has 0 saturated carbocycles. The molecule has 2 heterocycles. The Hall–Kier alpha value is -1.03. The van der Waals surface area contributed by atoms with Crippen LogP contribution in [0, 0.1) is 6.92 Å². The van der Waals surface area contributed by atoms with Gasteiger partial charge in [0.15, 0.2) is 0 Å². The Morgan fingerprint density at radius 3 is 3.25 bits per heavy atom. The summed E-state index contributed by atoms with van der Waals surface area (Å²) in [4.78, 5) is 0. The van der Waals surface area contributed by atoms with Crippen molar-refractivity contribution in [2.24, 2.45) is 0 Å². The first-order valence-electron chi connectivity index (χ1n) is 3.96. The van der Waals surface area contributed by atoms with Crippen molar-refractivity contribution in [1.82, 2.24) is 9.78 Å². The van der Waals surface area contributed by atoms with E-state index in [0.717, 1.165) is 11.4 Å². The maximum atomic E-state index is 9.64. The van der Waals surface area contributed by atoms with Crippen LogP contribution in [0.5, 0.6) is 5.88 Å². The fourth-order valence-electron chi connectivity index (χ4n) is 1.36. The fourth-order valence-corrected chi connectivity index (χ4v) is 1.36. The van der Waals surface area contributed by atoms with Gasteiger partial charge >= 0.3 is 0 Å². The van der Waals surface area contributed by atoms with Crippen molar-refractivity contribution in [3.8, 4) is 5.88 Å². The molecule has 12 heavy (non-hydrogen) atoms. The lowest BCUT2D eigenvalue weighted by molar-refractivity contribution is -0.0314. The molecule has 1 aliphatic rings. The molecule has 1 atom stereocenters. The van der Waals surface area contributed by atoms with E-state index in [2.05, 4.69) is 5.10 Å². The van der Waals surface area contributed by atoms with E-state index in [-0.39, 0.29) is 0 Å². The summed E-state index contributed by atoms with van der Waals surface area (Å²) in [6.07, 6.45) is 1.75. The minimum atomic E-state index is -0.786. The number of nitrogens with zero attached hydrogens (tertiary/aromatic N) is 2. The van der Waals surface area contributed by atoms with E-state index in [1.807, 2.05) is 6.92 Å². The van der Waals surface area contributed by atoms with Crippen LogP contribution in [0.4, 0.5) is 0 Å². The lowest BCUT2D eigenvalue weighted by Crippen LogP contribution is -2.41. The third kappa shape index (κ3) is 1.08. The van der Waals surface area contributed by atoms with Crippen LogP contribution >= 0.6 is 0 Å². The molecule has 0 bridgehead atoms. The van der Waals surface area contributed by atoms with Gasteiger partial charge in [-0.1, -0.05) is 0 Å². The second kappa shape index (κ2) is 2.23. The number of ether oxygens (including phenoxy) is 1. The minimum absolute atomic E-state index is 0.347. The Morgan fingerprint density at radius 2 is 2.50 bits per heavy atom. The Morgan fingerprint density at radius 1 is 1.75 bits per heavy atom. The first-order valence-corrected chi connectivity index (χ1v) is 3.96. The normalized spacial score (nSPS) is 27.9. The lowest BCUT2D eigenvalue weighted by atomic mass is 10.1. The van der Waals surface area contributed by atoms with E-state index in [9.17, 15) is 5.11 Å². The largest absolute Gasteiger partial charge is 0.475 e. The van der Waals surface area contributed by atoms with Crippen molar-refractivity contribution in [2.45, 2.75) is 26.0 Å². The predicted molar refractivity (Wildman–Crippen MR) is 43.1 cm³/mol. The molecule has 0 aromatic carbocycles. The monoisotopic (exact) mass is 168 g/mol. The highest BCUT2D eigenvalue weighted by atomic mass is 16.5. The molecular formula is C8H12N2O2. The summed E-state index contributed by atoms with van der Waals surface area (Å²) in [5, 5.41) is 13.7. The van der Waals surface area contributed by atoms with Crippen LogP contribution < -0.4 is 4.74 Å². The molecule has 0 radical (unpaired) electrons. The molecule has 1 N–H and O–H groups in total. The van der Waals surface area contributed by atoms with Crippen LogP contribution in [0.2, 0.25) is 0 Å². The van der Waals surface area contributed by atoms with Crippen molar-refractivity contribution < 1.29 is 9.84 Å². The molecule has 4 nitrogen and oxygen atoms in total.